The lowest BCUT2D eigenvalue weighted by molar-refractivity contribution is -0.217. The first-order valence-electron chi connectivity index (χ1n) is 17.4. The maximum absolute atomic E-state index is 13.9. The van der Waals surface area contributed by atoms with Crippen LogP contribution in [0.4, 0.5) is 30.7 Å². The summed E-state index contributed by atoms with van der Waals surface area (Å²) < 4.78 is 113. The van der Waals surface area contributed by atoms with Gasteiger partial charge in [0.2, 0.25) is 5.91 Å². The number of carbonyl (C=O) groups is 1. The Hall–Kier alpha value is -4.92. The molecule has 0 aliphatic carbocycles. The highest BCUT2D eigenvalue weighted by molar-refractivity contribution is 5.85. The highest BCUT2D eigenvalue weighted by atomic mass is 19.4. The first-order valence-corrected chi connectivity index (χ1v) is 17.4. The van der Waals surface area contributed by atoms with Gasteiger partial charge in [-0.2, -0.15) is 26.3 Å². The molecule has 0 saturated carbocycles. The summed E-state index contributed by atoms with van der Waals surface area (Å²) in [5.41, 5.74) is -0.719. The molecule has 1 N–H and O–H groups in total. The molecule has 0 bridgehead atoms. The lowest BCUT2D eigenvalue weighted by Gasteiger charge is -2.42. The van der Waals surface area contributed by atoms with Crippen LogP contribution >= 0.6 is 0 Å². The maximum Gasteiger partial charge on any atom is 0.416 e. The number of carbonyl (C=O) groups excluding carboxylic acids is 1. The van der Waals surface area contributed by atoms with Crippen molar-refractivity contribution >= 4 is 16.8 Å². The molecule has 1 amide bonds. The van der Waals surface area contributed by atoms with Crippen LogP contribution in [0.5, 0.6) is 11.5 Å². The number of fused-ring (bicyclic) bond motifs is 1. The van der Waals surface area contributed by atoms with Crippen molar-refractivity contribution in [3.05, 3.63) is 131 Å². The van der Waals surface area contributed by atoms with Gasteiger partial charge in [-0.25, -0.2) is 4.39 Å². The number of rotatable bonds is 9. The molecule has 0 radical (unpaired) electrons. The van der Waals surface area contributed by atoms with E-state index in [-0.39, 0.29) is 43.2 Å². The average Bonchev–Trinajstić information content (AvgIpc) is 3.57. The van der Waals surface area contributed by atoms with Gasteiger partial charge in [0.05, 0.1) is 30.9 Å². The number of likely N-dealkylation sites (tertiary alicyclic amines) is 1. The highest BCUT2D eigenvalue weighted by Crippen LogP contribution is 2.39. The Kier molecular flexibility index (Phi) is 10.7. The fraction of sp³-hybridized carbons (Fsp3) is 0.325. The number of aromatic amines is 1. The zero-order chi connectivity index (χ0) is 38.0. The number of nitrogens with zero attached hydrogens (tertiary/aromatic N) is 2. The summed E-state index contributed by atoms with van der Waals surface area (Å²) in [6.45, 7) is 0.795. The van der Waals surface area contributed by atoms with Crippen molar-refractivity contribution in [2.45, 2.75) is 50.1 Å². The molecular weight excluding hydrogens is 719 g/mol. The van der Waals surface area contributed by atoms with Crippen molar-refractivity contribution < 1.29 is 49.7 Å². The number of piperidine rings is 1. The Balaban J connectivity index is 1.03. The quantitative estimate of drug-likeness (QED) is 0.152. The molecule has 3 heterocycles. The fourth-order valence-corrected chi connectivity index (χ4v) is 7.17. The molecule has 2 aliphatic heterocycles. The molecular formula is C40H36F7N3O4. The summed E-state index contributed by atoms with van der Waals surface area (Å²) in [5, 5.41) is 1.07. The predicted octanol–water partition coefficient (Wildman–Crippen LogP) is 9.46. The SMILES string of the molecule is O=C(CN1CCC(c2c[nH]c3ccc(Oc4ccccc4)cc23)CC1)N1CCOC(OCc2cc(C(F)(F)F)cc(C(F)(F)F)c2)C1c1ccc(F)cc1. The number of hydrogen-bond donors (Lipinski definition) is 1. The second-order valence-corrected chi connectivity index (χ2v) is 13.5. The van der Waals surface area contributed by atoms with Crippen molar-refractivity contribution in [1.82, 2.24) is 14.8 Å². The van der Waals surface area contributed by atoms with E-state index < -0.39 is 48.2 Å². The van der Waals surface area contributed by atoms with Crippen LogP contribution < -0.4 is 4.74 Å². The lowest BCUT2D eigenvalue weighted by Crippen LogP contribution is -2.52. The number of benzene rings is 4. The van der Waals surface area contributed by atoms with E-state index in [1.165, 1.54) is 34.7 Å². The monoisotopic (exact) mass is 755 g/mol. The maximum atomic E-state index is 13.9. The molecule has 54 heavy (non-hydrogen) atoms. The molecule has 14 heteroatoms. The topological polar surface area (TPSA) is 67.0 Å². The van der Waals surface area contributed by atoms with Gasteiger partial charge in [0, 0.05) is 23.6 Å². The fourth-order valence-electron chi connectivity index (χ4n) is 7.17. The van der Waals surface area contributed by atoms with Gasteiger partial charge in [0.15, 0.2) is 6.29 Å². The molecule has 2 aliphatic rings. The Bertz CT molecular complexity index is 2030. The summed E-state index contributed by atoms with van der Waals surface area (Å²) >= 11 is 0. The van der Waals surface area contributed by atoms with Crippen LogP contribution in [0, 0.1) is 5.82 Å². The van der Waals surface area contributed by atoms with Crippen LogP contribution in [-0.2, 0) is 33.2 Å². The van der Waals surface area contributed by atoms with Gasteiger partial charge in [-0.15, -0.1) is 0 Å². The number of hydrogen-bond acceptors (Lipinski definition) is 5. The van der Waals surface area contributed by atoms with Crippen molar-refractivity contribution in [2.24, 2.45) is 0 Å². The van der Waals surface area contributed by atoms with E-state index in [1.54, 1.807) is 0 Å². The van der Waals surface area contributed by atoms with Crippen molar-refractivity contribution in [2.75, 3.05) is 32.8 Å². The minimum absolute atomic E-state index is 0.00308. The number of amides is 1. The van der Waals surface area contributed by atoms with Crippen LogP contribution in [0.15, 0.2) is 97.2 Å². The highest BCUT2D eigenvalue weighted by Gasteiger charge is 2.40. The molecule has 2 saturated heterocycles. The standard InChI is InChI=1S/C40H36F7N3O4/c41-30-8-6-27(7-9-30)37-38(53-24-25-18-28(39(42,43)44)20-29(19-25)40(45,46)47)52-17-16-50(37)36(51)23-49-14-12-26(13-15-49)34-22-48-35-11-10-32(21-33(34)35)54-31-4-2-1-3-5-31/h1-11,18-22,26,37-38,48H,12-17,23-24H2. The van der Waals surface area contributed by atoms with Gasteiger partial charge in [-0.05, 0) is 109 Å². The number of alkyl halides is 6. The van der Waals surface area contributed by atoms with E-state index in [0.29, 0.717) is 30.8 Å². The summed E-state index contributed by atoms with van der Waals surface area (Å²) in [7, 11) is 0. The molecule has 2 unspecified atom stereocenters. The minimum Gasteiger partial charge on any atom is -0.457 e. The van der Waals surface area contributed by atoms with Gasteiger partial charge in [-0.1, -0.05) is 30.3 Å². The molecule has 0 spiro atoms. The second kappa shape index (κ2) is 15.4. The number of morpholine rings is 1. The predicted molar refractivity (Wildman–Crippen MR) is 185 cm³/mol. The number of halogens is 7. The molecule has 7 nitrogen and oxygen atoms in total. The first-order chi connectivity index (χ1) is 25.8. The third-order valence-electron chi connectivity index (χ3n) is 9.85. The number of para-hydroxylation sites is 1. The summed E-state index contributed by atoms with van der Waals surface area (Å²) in [6, 6.07) is 21.0. The zero-order valence-corrected chi connectivity index (χ0v) is 28.8. The summed E-state index contributed by atoms with van der Waals surface area (Å²) in [4.78, 5) is 20.9. The summed E-state index contributed by atoms with van der Waals surface area (Å²) in [6.07, 6.45) is -7.72. The molecule has 1 aromatic heterocycles. The third-order valence-corrected chi connectivity index (χ3v) is 9.85. The van der Waals surface area contributed by atoms with Crippen LogP contribution in [0.25, 0.3) is 10.9 Å². The smallest absolute Gasteiger partial charge is 0.416 e. The van der Waals surface area contributed by atoms with E-state index in [1.807, 2.05) is 59.6 Å². The van der Waals surface area contributed by atoms with E-state index in [4.69, 9.17) is 14.2 Å². The van der Waals surface area contributed by atoms with Crippen LogP contribution in [0.2, 0.25) is 0 Å². The molecule has 2 fully saturated rings. The van der Waals surface area contributed by atoms with E-state index in [2.05, 4.69) is 4.98 Å². The van der Waals surface area contributed by atoms with E-state index in [0.717, 1.165) is 35.2 Å². The molecule has 2 atom stereocenters. The van der Waals surface area contributed by atoms with Crippen LogP contribution in [0.1, 0.15) is 52.6 Å². The molecule has 4 aromatic carbocycles. The third kappa shape index (κ3) is 8.56. The van der Waals surface area contributed by atoms with Crippen LogP contribution in [0.3, 0.4) is 0 Å². The molecule has 284 valence electrons. The Morgan fingerprint density at radius 1 is 0.815 bits per heavy atom. The molecule has 5 aromatic rings. The largest absolute Gasteiger partial charge is 0.457 e. The minimum atomic E-state index is -5.03. The van der Waals surface area contributed by atoms with Crippen molar-refractivity contribution in [1.29, 1.82) is 0 Å². The van der Waals surface area contributed by atoms with Gasteiger partial charge in [0.25, 0.3) is 0 Å². The van der Waals surface area contributed by atoms with Gasteiger partial charge < -0.3 is 24.1 Å². The van der Waals surface area contributed by atoms with E-state index in [9.17, 15) is 35.5 Å². The Labute approximate surface area is 306 Å². The second-order valence-electron chi connectivity index (χ2n) is 13.5. The zero-order valence-electron chi connectivity index (χ0n) is 28.8. The van der Waals surface area contributed by atoms with Crippen molar-refractivity contribution in [3.63, 3.8) is 0 Å². The van der Waals surface area contributed by atoms with Crippen LogP contribution in [-0.4, -0.2) is 59.8 Å². The average molecular weight is 756 g/mol. The number of nitrogens with one attached hydrogen (secondary N) is 1. The van der Waals surface area contributed by atoms with Crippen molar-refractivity contribution in [3.8, 4) is 11.5 Å². The van der Waals surface area contributed by atoms with E-state index >= 15 is 0 Å². The van der Waals surface area contributed by atoms with Gasteiger partial charge in [0.1, 0.15) is 23.4 Å². The first kappa shape index (κ1) is 37.4. The number of ether oxygens (including phenoxy) is 3. The lowest BCUT2D eigenvalue weighted by atomic mass is 9.89. The van der Waals surface area contributed by atoms with Gasteiger partial charge >= 0.3 is 12.4 Å². The van der Waals surface area contributed by atoms with Gasteiger partial charge in [-0.3, -0.25) is 9.69 Å². The summed E-state index contributed by atoms with van der Waals surface area (Å²) in [5.74, 6) is 0.892. The normalized spacial score (nSPS) is 19.0. The Morgan fingerprint density at radius 2 is 1.50 bits per heavy atom. The number of aromatic nitrogens is 1. The Morgan fingerprint density at radius 3 is 2.17 bits per heavy atom. The number of H-pyrrole nitrogens is 1. The molecule has 7 rings (SSSR count).